The van der Waals surface area contributed by atoms with Crippen molar-refractivity contribution in [2.75, 3.05) is 19.8 Å². The van der Waals surface area contributed by atoms with Gasteiger partial charge in [-0.15, -0.1) is 0 Å². The fourth-order valence-electron chi connectivity index (χ4n) is 1.74. The number of rotatable bonds is 8. The van der Waals surface area contributed by atoms with Gasteiger partial charge in [-0.05, 0) is 36.5 Å². The van der Waals surface area contributed by atoms with Gasteiger partial charge in [-0.25, -0.2) is 0 Å². The Kier molecular flexibility index (Phi) is 6.82. The highest BCUT2D eigenvalue weighted by atomic mass is 35.5. The second kappa shape index (κ2) is 8.12. The van der Waals surface area contributed by atoms with Crippen LogP contribution in [0.2, 0.25) is 5.02 Å². The van der Waals surface area contributed by atoms with Crippen LogP contribution in [0.4, 0.5) is 0 Å². The molecule has 1 rings (SSSR count). The van der Waals surface area contributed by atoms with Crippen molar-refractivity contribution in [1.82, 2.24) is 5.32 Å². The summed E-state index contributed by atoms with van der Waals surface area (Å²) in [5.74, 6) is 0.411. The van der Waals surface area contributed by atoms with Crippen molar-refractivity contribution in [2.45, 2.75) is 26.7 Å². The number of aliphatic hydroxyl groups excluding tert-OH is 1. The molecule has 5 heteroatoms. The van der Waals surface area contributed by atoms with E-state index in [1.54, 1.807) is 24.3 Å². The summed E-state index contributed by atoms with van der Waals surface area (Å²) in [7, 11) is 0. The van der Waals surface area contributed by atoms with Crippen LogP contribution >= 0.6 is 11.6 Å². The van der Waals surface area contributed by atoms with Gasteiger partial charge in [0.2, 0.25) is 0 Å². The van der Waals surface area contributed by atoms with Gasteiger partial charge in [0.05, 0.1) is 0 Å². The molecule has 0 aliphatic heterocycles. The molecule has 0 unspecified atom stereocenters. The van der Waals surface area contributed by atoms with Crippen LogP contribution in [-0.4, -0.2) is 30.8 Å². The standard InChI is InChI=1S/C15H22ClNO3/c1-15(2,7-4-8-18)11-17-14(19)10-20-13-6-3-5-12(16)9-13/h3,5-6,9,18H,4,7-8,10-11H2,1-2H3,(H,17,19). The molecule has 0 fully saturated rings. The SMILES string of the molecule is CC(C)(CCCO)CNC(=O)COc1cccc(Cl)c1. The van der Waals surface area contributed by atoms with Crippen LogP contribution in [0.5, 0.6) is 5.75 Å². The molecule has 0 spiro atoms. The van der Waals surface area contributed by atoms with E-state index in [0.29, 0.717) is 17.3 Å². The van der Waals surface area contributed by atoms with E-state index in [1.165, 1.54) is 0 Å². The lowest BCUT2D eigenvalue weighted by molar-refractivity contribution is -0.123. The number of aliphatic hydroxyl groups is 1. The van der Waals surface area contributed by atoms with Crippen molar-refractivity contribution in [3.63, 3.8) is 0 Å². The summed E-state index contributed by atoms with van der Waals surface area (Å²) in [5.41, 5.74) is -0.0333. The van der Waals surface area contributed by atoms with Gasteiger partial charge in [0.1, 0.15) is 5.75 Å². The molecule has 0 heterocycles. The molecule has 20 heavy (non-hydrogen) atoms. The van der Waals surface area contributed by atoms with E-state index < -0.39 is 0 Å². The Morgan fingerprint density at radius 1 is 1.45 bits per heavy atom. The molecular weight excluding hydrogens is 278 g/mol. The highest BCUT2D eigenvalue weighted by Gasteiger charge is 2.18. The van der Waals surface area contributed by atoms with Gasteiger partial charge in [-0.1, -0.05) is 31.5 Å². The quantitative estimate of drug-likeness (QED) is 0.776. The van der Waals surface area contributed by atoms with E-state index in [4.69, 9.17) is 21.4 Å². The van der Waals surface area contributed by atoms with E-state index >= 15 is 0 Å². The zero-order valence-electron chi connectivity index (χ0n) is 12.0. The molecule has 0 saturated heterocycles. The molecule has 0 aromatic heterocycles. The number of ether oxygens (including phenoxy) is 1. The maximum absolute atomic E-state index is 11.7. The third-order valence-corrected chi connectivity index (χ3v) is 3.18. The van der Waals surface area contributed by atoms with E-state index in [-0.39, 0.29) is 24.5 Å². The average molecular weight is 300 g/mol. The highest BCUT2D eigenvalue weighted by molar-refractivity contribution is 6.30. The largest absolute Gasteiger partial charge is 0.484 e. The normalized spacial score (nSPS) is 11.2. The van der Waals surface area contributed by atoms with Crippen molar-refractivity contribution in [3.05, 3.63) is 29.3 Å². The molecule has 4 nitrogen and oxygen atoms in total. The number of nitrogens with one attached hydrogen (secondary N) is 1. The number of carbonyl (C=O) groups is 1. The number of hydrogen-bond donors (Lipinski definition) is 2. The van der Waals surface area contributed by atoms with Gasteiger partial charge in [0, 0.05) is 18.2 Å². The predicted octanol–water partition coefficient (Wildman–Crippen LogP) is 2.63. The van der Waals surface area contributed by atoms with Gasteiger partial charge < -0.3 is 15.2 Å². The first-order chi connectivity index (χ1) is 9.43. The highest BCUT2D eigenvalue weighted by Crippen LogP contribution is 2.20. The fourth-order valence-corrected chi connectivity index (χ4v) is 1.92. The van der Waals surface area contributed by atoms with E-state index in [2.05, 4.69) is 19.2 Å². The number of hydrogen-bond acceptors (Lipinski definition) is 3. The van der Waals surface area contributed by atoms with Crippen molar-refractivity contribution in [2.24, 2.45) is 5.41 Å². The lowest BCUT2D eigenvalue weighted by Gasteiger charge is -2.24. The number of amides is 1. The summed E-state index contributed by atoms with van der Waals surface area (Å²) in [6.07, 6.45) is 1.60. The first-order valence-corrected chi connectivity index (χ1v) is 7.07. The van der Waals surface area contributed by atoms with E-state index in [0.717, 1.165) is 12.8 Å². The predicted molar refractivity (Wildman–Crippen MR) is 80.1 cm³/mol. The Bertz CT molecular complexity index is 435. The van der Waals surface area contributed by atoms with E-state index in [1.807, 2.05) is 0 Å². The zero-order chi connectivity index (χ0) is 15.0. The second-order valence-electron chi connectivity index (χ2n) is 5.51. The van der Waals surface area contributed by atoms with Gasteiger partial charge >= 0.3 is 0 Å². The molecule has 0 aliphatic carbocycles. The third kappa shape index (κ3) is 6.78. The Labute approximate surface area is 125 Å². The summed E-state index contributed by atoms with van der Waals surface area (Å²) < 4.78 is 5.36. The minimum absolute atomic E-state index is 0.0313. The molecule has 1 amide bonds. The van der Waals surface area contributed by atoms with Crippen LogP contribution < -0.4 is 10.1 Å². The van der Waals surface area contributed by atoms with Crippen molar-refractivity contribution in [1.29, 1.82) is 0 Å². The van der Waals surface area contributed by atoms with Crippen LogP contribution in [0, 0.1) is 5.41 Å². The minimum Gasteiger partial charge on any atom is -0.484 e. The van der Waals surface area contributed by atoms with Crippen LogP contribution in [0.15, 0.2) is 24.3 Å². The third-order valence-electron chi connectivity index (χ3n) is 2.94. The fraction of sp³-hybridized carbons (Fsp3) is 0.533. The molecule has 0 radical (unpaired) electrons. The molecule has 112 valence electrons. The topological polar surface area (TPSA) is 58.6 Å². The van der Waals surface area contributed by atoms with E-state index in [9.17, 15) is 4.79 Å². The maximum atomic E-state index is 11.7. The number of carbonyl (C=O) groups excluding carboxylic acids is 1. The summed E-state index contributed by atoms with van der Waals surface area (Å²) in [4.78, 5) is 11.7. The average Bonchev–Trinajstić information content (AvgIpc) is 2.41. The smallest absolute Gasteiger partial charge is 0.257 e. The van der Waals surface area contributed by atoms with Gasteiger partial charge in [-0.3, -0.25) is 4.79 Å². The Hall–Kier alpha value is -1.26. The lowest BCUT2D eigenvalue weighted by atomic mass is 9.88. The molecular formula is C15H22ClNO3. The first kappa shape index (κ1) is 16.8. The van der Waals surface area contributed by atoms with Crippen LogP contribution in [0.1, 0.15) is 26.7 Å². The lowest BCUT2D eigenvalue weighted by Crippen LogP contribution is -2.36. The van der Waals surface area contributed by atoms with Crippen molar-refractivity contribution in [3.8, 4) is 5.75 Å². The molecule has 1 aromatic rings. The minimum atomic E-state index is -0.165. The maximum Gasteiger partial charge on any atom is 0.257 e. The van der Waals surface area contributed by atoms with Gasteiger partial charge in [-0.2, -0.15) is 0 Å². The van der Waals surface area contributed by atoms with Crippen LogP contribution in [0.3, 0.4) is 0 Å². The van der Waals surface area contributed by atoms with Crippen LogP contribution in [0.25, 0.3) is 0 Å². The second-order valence-corrected chi connectivity index (χ2v) is 5.95. The number of halogens is 1. The summed E-state index contributed by atoms with van der Waals surface area (Å²) in [5, 5.41) is 12.2. The zero-order valence-corrected chi connectivity index (χ0v) is 12.7. The Morgan fingerprint density at radius 3 is 2.85 bits per heavy atom. The molecule has 0 atom stereocenters. The summed E-state index contributed by atoms with van der Waals surface area (Å²) in [6, 6.07) is 6.94. The number of benzene rings is 1. The van der Waals surface area contributed by atoms with Gasteiger partial charge in [0.25, 0.3) is 5.91 Å². The van der Waals surface area contributed by atoms with Crippen LogP contribution in [-0.2, 0) is 4.79 Å². The monoisotopic (exact) mass is 299 g/mol. The molecule has 2 N–H and O–H groups in total. The molecule has 1 aromatic carbocycles. The van der Waals surface area contributed by atoms with Crippen molar-refractivity contribution < 1.29 is 14.6 Å². The van der Waals surface area contributed by atoms with Gasteiger partial charge in [0.15, 0.2) is 6.61 Å². The van der Waals surface area contributed by atoms with Crippen molar-refractivity contribution >= 4 is 17.5 Å². The molecule has 0 aliphatic rings. The molecule has 0 bridgehead atoms. The first-order valence-electron chi connectivity index (χ1n) is 6.69. The summed E-state index contributed by atoms with van der Waals surface area (Å²) in [6.45, 7) is 4.82. The molecule has 0 saturated carbocycles. The Balaban J connectivity index is 2.30. The Morgan fingerprint density at radius 2 is 2.20 bits per heavy atom. The summed E-state index contributed by atoms with van der Waals surface area (Å²) >= 11 is 5.83.